The minimum Gasteiger partial charge on any atom is -0.293 e. The quantitative estimate of drug-likeness (QED) is 0.771. The normalized spacial score (nSPS) is 22.2. The van der Waals surface area contributed by atoms with E-state index >= 15 is 0 Å². The first-order valence-corrected chi connectivity index (χ1v) is 7.08. The first-order valence-electron chi connectivity index (χ1n) is 6.54. The summed E-state index contributed by atoms with van der Waals surface area (Å²) in [5.74, 6) is 0.741. The van der Waals surface area contributed by atoms with Gasteiger partial charge >= 0.3 is 0 Å². The number of hydrogen-bond acceptors (Lipinski definition) is 2. The largest absolute Gasteiger partial charge is 0.293 e. The van der Waals surface area contributed by atoms with Gasteiger partial charge in [-0.2, -0.15) is 5.10 Å². The zero-order valence-electron chi connectivity index (χ0n) is 10.8. The van der Waals surface area contributed by atoms with Crippen molar-refractivity contribution in [3.8, 4) is 0 Å². The van der Waals surface area contributed by atoms with Crippen LogP contribution in [0.25, 0.3) is 0 Å². The van der Waals surface area contributed by atoms with Crippen molar-refractivity contribution in [2.75, 3.05) is 12.4 Å². The van der Waals surface area contributed by atoms with E-state index in [4.69, 9.17) is 11.6 Å². The summed E-state index contributed by atoms with van der Waals surface area (Å²) in [6, 6.07) is 3.10. The van der Waals surface area contributed by atoms with E-state index in [0.717, 1.165) is 24.7 Å². The van der Waals surface area contributed by atoms with Crippen LogP contribution >= 0.6 is 11.6 Å². The lowest BCUT2D eigenvalue weighted by atomic mass is 10.0. The fourth-order valence-electron chi connectivity index (χ4n) is 2.40. The molecule has 1 atom stereocenters. The van der Waals surface area contributed by atoms with Gasteiger partial charge in [0.2, 0.25) is 0 Å². The fraction of sp³-hybridized carbons (Fsp3) is 0.769. The van der Waals surface area contributed by atoms with Crippen molar-refractivity contribution in [3.05, 3.63) is 18.0 Å². The predicted octanol–water partition coefficient (Wildman–Crippen LogP) is 3.06. The Morgan fingerprint density at radius 1 is 1.47 bits per heavy atom. The maximum atomic E-state index is 6.03. The molecule has 1 aliphatic heterocycles. The number of hydrogen-bond donors (Lipinski definition) is 0. The van der Waals surface area contributed by atoms with Gasteiger partial charge < -0.3 is 0 Å². The van der Waals surface area contributed by atoms with Gasteiger partial charge in [0.1, 0.15) is 0 Å². The first kappa shape index (κ1) is 12.9. The maximum absolute atomic E-state index is 6.03. The number of rotatable bonds is 4. The number of halogens is 1. The maximum Gasteiger partial charge on any atom is 0.0765 e. The van der Waals surface area contributed by atoms with Gasteiger partial charge in [0.25, 0.3) is 0 Å². The summed E-state index contributed by atoms with van der Waals surface area (Å²) in [6.07, 6.45) is 5.90. The molecule has 1 unspecified atom stereocenters. The third-order valence-corrected chi connectivity index (χ3v) is 3.84. The average molecular weight is 256 g/mol. The Balaban J connectivity index is 1.98. The molecular weight excluding hydrogens is 234 g/mol. The van der Waals surface area contributed by atoms with Crippen molar-refractivity contribution in [3.63, 3.8) is 0 Å². The summed E-state index contributed by atoms with van der Waals surface area (Å²) in [4.78, 5) is 2.48. The summed E-state index contributed by atoms with van der Waals surface area (Å²) in [6.45, 7) is 6.40. The van der Waals surface area contributed by atoms with Crippen molar-refractivity contribution in [2.24, 2.45) is 0 Å². The van der Waals surface area contributed by atoms with Crippen molar-refractivity contribution < 1.29 is 0 Å². The first-order chi connectivity index (χ1) is 8.20. The van der Waals surface area contributed by atoms with Gasteiger partial charge in [0, 0.05) is 30.7 Å². The van der Waals surface area contributed by atoms with Crippen LogP contribution in [0.5, 0.6) is 0 Å². The topological polar surface area (TPSA) is 21.1 Å². The Hall–Kier alpha value is -0.540. The molecule has 1 aliphatic rings. The van der Waals surface area contributed by atoms with Crippen LogP contribution in [-0.2, 0) is 6.54 Å². The SMILES string of the molecule is CC(C)n1ccc(CN2CCCCC2CCl)n1. The van der Waals surface area contributed by atoms with Crippen LogP contribution in [0.15, 0.2) is 12.3 Å². The number of piperidine rings is 1. The van der Waals surface area contributed by atoms with E-state index in [1.807, 2.05) is 4.68 Å². The second-order valence-electron chi connectivity index (χ2n) is 5.16. The molecule has 2 rings (SSSR count). The van der Waals surface area contributed by atoms with Crippen LogP contribution in [0.3, 0.4) is 0 Å². The van der Waals surface area contributed by atoms with Crippen molar-refractivity contribution in [1.29, 1.82) is 0 Å². The van der Waals surface area contributed by atoms with E-state index in [9.17, 15) is 0 Å². The number of alkyl halides is 1. The lowest BCUT2D eigenvalue weighted by Gasteiger charge is -2.33. The third-order valence-electron chi connectivity index (χ3n) is 3.48. The molecule has 0 N–H and O–H groups in total. The number of likely N-dealkylation sites (tertiary alicyclic amines) is 1. The molecule has 0 saturated carbocycles. The van der Waals surface area contributed by atoms with Crippen molar-refractivity contribution in [2.45, 2.75) is 51.7 Å². The van der Waals surface area contributed by atoms with E-state index in [0.29, 0.717) is 12.1 Å². The second-order valence-corrected chi connectivity index (χ2v) is 5.46. The second kappa shape index (κ2) is 5.87. The van der Waals surface area contributed by atoms with Gasteiger partial charge in [-0.1, -0.05) is 6.42 Å². The number of aromatic nitrogens is 2. The zero-order chi connectivity index (χ0) is 12.3. The molecule has 1 fully saturated rings. The van der Waals surface area contributed by atoms with Gasteiger partial charge in [0.05, 0.1) is 5.69 Å². The van der Waals surface area contributed by atoms with Crippen LogP contribution in [0.1, 0.15) is 44.8 Å². The fourth-order valence-corrected chi connectivity index (χ4v) is 2.75. The van der Waals surface area contributed by atoms with E-state index < -0.39 is 0 Å². The molecule has 1 aromatic rings. The highest BCUT2D eigenvalue weighted by Gasteiger charge is 2.22. The van der Waals surface area contributed by atoms with Gasteiger partial charge in [-0.25, -0.2) is 0 Å². The molecule has 17 heavy (non-hydrogen) atoms. The molecule has 96 valence electrons. The smallest absolute Gasteiger partial charge is 0.0765 e. The van der Waals surface area contributed by atoms with Gasteiger partial charge in [-0.15, -0.1) is 11.6 Å². The average Bonchev–Trinajstić information content (AvgIpc) is 2.78. The van der Waals surface area contributed by atoms with Gasteiger partial charge in [-0.05, 0) is 39.3 Å². The molecule has 4 heteroatoms. The Morgan fingerprint density at radius 2 is 2.29 bits per heavy atom. The molecule has 0 aliphatic carbocycles. The van der Waals surface area contributed by atoms with Gasteiger partial charge in [0.15, 0.2) is 0 Å². The third kappa shape index (κ3) is 3.23. The molecule has 0 aromatic carbocycles. The standard InChI is InChI=1S/C13H22ClN3/c1-11(2)17-8-6-12(15-17)10-16-7-4-3-5-13(16)9-14/h6,8,11,13H,3-5,7,9-10H2,1-2H3. The molecule has 0 amide bonds. The number of nitrogens with zero attached hydrogens (tertiary/aromatic N) is 3. The molecule has 3 nitrogen and oxygen atoms in total. The van der Waals surface area contributed by atoms with Crippen molar-refractivity contribution >= 4 is 11.6 Å². The molecule has 0 bridgehead atoms. The Bertz CT molecular complexity index is 348. The van der Waals surface area contributed by atoms with Crippen LogP contribution in [0.4, 0.5) is 0 Å². The van der Waals surface area contributed by atoms with Gasteiger partial charge in [-0.3, -0.25) is 9.58 Å². The van der Waals surface area contributed by atoms with E-state index in [2.05, 4.69) is 36.1 Å². The molecular formula is C13H22ClN3. The summed E-state index contributed by atoms with van der Waals surface area (Å²) in [5, 5.41) is 4.60. The van der Waals surface area contributed by atoms with Crippen LogP contribution in [-0.4, -0.2) is 33.1 Å². The van der Waals surface area contributed by atoms with E-state index in [1.54, 1.807) is 0 Å². The highest BCUT2D eigenvalue weighted by molar-refractivity contribution is 6.18. The molecule has 2 heterocycles. The zero-order valence-corrected chi connectivity index (χ0v) is 11.5. The van der Waals surface area contributed by atoms with Crippen LogP contribution < -0.4 is 0 Å². The summed E-state index contributed by atoms with van der Waals surface area (Å²) in [7, 11) is 0. The lowest BCUT2D eigenvalue weighted by molar-refractivity contribution is 0.152. The van der Waals surface area contributed by atoms with E-state index in [-0.39, 0.29) is 0 Å². The summed E-state index contributed by atoms with van der Waals surface area (Å²) >= 11 is 6.03. The Kier molecular flexibility index (Phi) is 4.46. The van der Waals surface area contributed by atoms with Crippen LogP contribution in [0.2, 0.25) is 0 Å². The predicted molar refractivity (Wildman–Crippen MR) is 71.4 cm³/mol. The minimum atomic E-state index is 0.439. The highest BCUT2D eigenvalue weighted by atomic mass is 35.5. The Labute approximate surface area is 109 Å². The summed E-state index contributed by atoms with van der Waals surface area (Å²) < 4.78 is 2.02. The van der Waals surface area contributed by atoms with Crippen molar-refractivity contribution in [1.82, 2.24) is 14.7 Å². The highest BCUT2D eigenvalue weighted by Crippen LogP contribution is 2.20. The van der Waals surface area contributed by atoms with E-state index in [1.165, 1.54) is 19.3 Å². The monoisotopic (exact) mass is 255 g/mol. The molecule has 1 aromatic heterocycles. The molecule has 1 saturated heterocycles. The minimum absolute atomic E-state index is 0.439. The molecule has 0 radical (unpaired) electrons. The Morgan fingerprint density at radius 3 is 2.94 bits per heavy atom. The molecule has 0 spiro atoms. The lowest BCUT2D eigenvalue weighted by Crippen LogP contribution is -2.40. The summed E-state index contributed by atoms with van der Waals surface area (Å²) in [5.41, 5.74) is 1.16. The van der Waals surface area contributed by atoms with Crippen LogP contribution in [0, 0.1) is 0 Å².